The Hall–Kier alpha value is -3.58. The molecule has 2 aromatic rings. The standard InChI is InChI=1S/C27H34ClN7/c1-2-20(31-17-19(16-29)25-18-32-23-9-3-4-10-24(23)34-25)13-14-30-21-7-5-8-22(15-21)33-27-12-6-11-26(28)35-27/h3-12,15-17,20,25-26,30,32-35H,2,13-14,18,29H2,1H3. The van der Waals surface area contributed by atoms with Crippen molar-refractivity contribution in [2.24, 2.45) is 10.7 Å². The smallest absolute Gasteiger partial charge is 0.121 e. The minimum absolute atomic E-state index is 0.0860. The zero-order chi connectivity index (χ0) is 24.5. The summed E-state index contributed by atoms with van der Waals surface area (Å²) in [5, 5.41) is 17.1. The van der Waals surface area contributed by atoms with Crippen LogP contribution < -0.4 is 32.3 Å². The molecule has 2 heterocycles. The first-order valence-electron chi connectivity index (χ1n) is 12.1. The zero-order valence-corrected chi connectivity index (χ0v) is 20.7. The molecule has 2 aliphatic heterocycles. The number of halogens is 1. The van der Waals surface area contributed by atoms with Gasteiger partial charge in [-0.2, -0.15) is 0 Å². The predicted molar refractivity (Wildman–Crippen MR) is 150 cm³/mol. The second-order valence-corrected chi connectivity index (χ2v) is 9.03. The Morgan fingerprint density at radius 3 is 2.80 bits per heavy atom. The fourth-order valence-electron chi connectivity index (χ4n) is 4.06. The zero-order valence-electron chi connectivity index (χ0n) is 20.0. The van der Waals surface area contributed by atoms with E-state index in [1.54, 1.807) is 6.20 Å². The molecule has 0 bridgehead atoms. The topological polar surface area (TPSA) is 98.5 Å². The monoisotopic (exact) mass is 491 g/mol. The number of aliphatic imine (C=N–C) groups is 1. The number of hydrogen-bond donors (Lipinski definition) is 6. The Balaban J connectivity index is 1.27. The molecule has 8 heteroatoms. The average molecular weight is 492 g/mol. The van der Waals surface area contributed by atoms with E-state index in [1.165, 1.54) is 0 Å². The average Bonchev–Trinajstić information content (AvgIpc) is 2.88. The van der Waals surface area contributed by atoms with Crippen molar-refractivity contribution in [1.82, 2.24) is 5.32 Å². The molecule has 2 aromatic carbocycles. The van der Waals surface area contributed by atoms with Crippen molar-refractivity contribution >= 4 is 40.6 Å². The summed E-state index contributed by atoms with van der Waals surface area (Å²) in [4.78, 5) is 4.85. The number of allylic oxidation sites excluding steroid dienone is 2. The van der Waals surface area contributed by atoms with Crippen LogP contribution in [0.2, 0.25) is 0 Å². The molecule has 2 aliphatic rings. The second-order valence-electron chi connectivity index (χ2n) is 8.56. The van der Waals surface area contributed by atoms with E-state index in [9.17, 15) is 0 Å². The number of dihydropyridines is 1. The highest BCUT2D eigenvalue weighted by Gasteiger charge is 2.19. The predicted octanol–water partition coefficient (Wildman–Crippen LogP) is 5.06. The van der Waals surface area contributed by atoms with Crippen LogP contribution in [0, 0.1) is 0 Å². The van der Waals surface area contributed by atoms with Gasteiger partial charge in [0.05, 0.1) is 23.5 Å². The highest BCUT2D eigenvalue weighted by molar-refractivity contribution is 6.21. The van der Waals surface area contributed by atoms with Crippen LogP contribution in [-0.2, 0) is 0 Å². The minimum atomic E-state index is -0.203. The first-order chi connectivity index (χ1) is 17.1. The van der Waals surface area contributed by atoms with Crippen LogP contribution in [0.25, 0.3) is 0 Å². The van der Waals surface area contributed by atoms with Gasteiger partial charge in [-0.1, -0.05) is 42.8 Å². The van der Waals surface area contributed by atoms with Gasteiger partial charge >= 0.3 is 0 Å². The van der Waals surface area contributed by atoms with E-state index < -0.39 is 0 Å². The van der Waals surface area contributed by atoms with Crippen LogP contribution in [0.5, 0.6) is 0 Å². The van der Waals surface area contributed by atoms with E-state index in [-0.39, 0.29) is 17.6 Å². The third kappa shape index (κ3) is 6.96. The van der Waals surface area contributed by atoms with E-state index in [1.807, 2.05) is 48.7 Å². The van der Waals surface area contributed by atoms with Gasteiger partial charge in [0.2, 0.25) is 0 Å². The van der Waals surface area contributed by atoms with Crippen molar-refractivity contribution in [2.75, 3.05) is 34.4 Å². The van der Waals surface area contributed by atoms with Gasteiger partial charge in [0, 0.05) is 42.5 Å². The molecule has 0 aliphatic carbocycles. The molecular weight excluding hydrogens is 458 g/mol. The summed E-state index contributed by atoms with van der Waals surface area (Å²) in [6.07, 6.45) is 11.3. The van der Waals surface area contributed by atoms with Crippen molar-refractivity contribution in [3.05, 3.63) is 84.4 Å². The summed E-state index contributed by atoms with van der Waals surface area (Å²) in [5.74, 6) is 0.875. The van der Waals surface area contributed by atoms with Gasteiger partial charge in [-0.25, -0.2) is 0 Å². The van der Waals surface area contributed by atoms with Crippen LogP contribution in [0.4, 0.5) is 22.7 Å². The van der Waals surface area contributed by atoms with Gasteiger partial charge in [0.25, 0.3) is 0 Å². The Kier molecular flexibility index (Phi) is 8.57. The number of anilines is 4. The first-order valence-corrected chi connectivity index (χ1v) is 12.5. The lowest BCUT2D eigenvalue weighted by molar-refractivity contribution is 0.618. The molecule has 0 spiro atoms. The number of nitrogens with two attached hydrogens (primary N) is 1. The number of hydrogen-bond acceptors (Lipinski definition) is 7. The van der Waals surface area contributed by atoms with Gasteiger partial charge in [0.1, 0.15) is 11.3 Å². The van der Waals surface area contributed by atoms with E-state index in [4.69, 9.17) is 22.3 Å². The Bertz CT molecular complexity index is 1110. The lowest BCUT2D eigenvalue weighted by Gasteiger charge is -2.29. The highest BCUT2D eigenvalue weighted by atomic mass is 35.5. The molecule has 184 valence electrons. The second kappa shape index (κ2) is 12.2. The largest absolute Gasteiger partial charge is 0.404 e. The number of para-hydroxylation sites is 2. The maximum Gasteiger partial charge on any atom is 0.121 e. The van der Waals surface area contributed by atoms with Gasteiger partial charge in [-0.15, -0.1) is 0 Å². The summed E-state index contributed by atoms with van der Waals surface area (Å²) in [7, 11) is 0. The maximum atomic E-state index is 6.12. The van der Waals surface area contributed by atoms with Crippen molar-refractivity contribution < 1.29 is 0 Å². The summed E-state index contributed by atoms with van der Waals surface area (Å²) >= 11 is 6.12. The molecule has 4 rings (SSSR count). The summed E-state index contributed by atoms with van der Waals surface area (Å²) in [6, 6.07) is 16.7. The molecule has 0 fully saturated rings. The quantitative estimate of drug-likeness (QED) is 0.158. The molecule has 0 amide bonds. The third-order valence-electron chi connectivity index (χ3n) is 6.04. The molecule has 7 N–H and O–H groups in total. The molecule has 7 nitrogen and oxygen atoms in total. The normalized spacial score (nSPS) is 20.2. The molecule has 35 heavy (non-hydrogen) atoms. The third-order valence-corrected chi connectivity index (χ3v) is 6.29. The summed E-state index contributed by atoms with van der Waals surface area (Å²) in [5.41, 5.74) is 11.0. The number of benzene rings is 2. The Labute approximate surface area is 212 Å². The molecule has 3 atom stereocenters. The molecular formula is C27H34ClN7. The van der Waals surface area contributed by atoms with Gasteiger partial charge in [-0.3, -0.25) is 4.99 Å². The molecule has 0 aromatic heterocycles. The number of alkyl halides is 1. The fourth-order valence-corrected chi connectivity index (χ4v) is 4.26. The first kappa shape index (κ1) is 24.5. The fraction of sp³-hybridized carbons (Fsp3) is 0.296. The van der Waals surface area contributed by atoms with Crippen molar-refractivity contribution in [3.8, 4) is 0 Å². The highest BCUT2D eigenvalue weighted by Crippen LogP contribution is 2.27. The van der Waals surface area contributed by atoms with Crippen LogP contribution in [0.3, 0.4) is 0 Å². The number of nitrogens with zero attached hydrogens (tertiary/aromatic N) is 1. The van der Waals surface area contributed by atoms with E-state index in [0.717, 1.165) is 60.1 Å². The van der Waals surface area contributed by atoms with Crippen molar-refractivity contribution in [1.29, 1.82) is 0 Å². The van der Waals surface area contributed by atoms with Gasteiger partial charge in [0.15, 0.2) is 0 Å². The lowest BCUT2D eigenvalue weighted by Crippen LogP contribution is -2.35. The Morgan fingerprint density at radius 1 is 1.17 bits per heavy atom. The van der Waals surface area contributed by atoms with Crippen molar-refractivity contribution in [2.45, 2.75) is 37.4 Å². The van der Waals surface area contributed by atoms with Crippen LogP contribution >= 0.6 is 11.6 Å². The number of rotatable bonds is 10. The number of fused-ring (bicyclic) bond motifs is 1. The summed E-state index contributed by atoms with van der Waals surface area (Å²) < 4.78 is 0. The molecule has 3 unspecified atom stereocenters. The minimum Gasteiger partial charge on any atom is -0.404 e. The van der Waals surface area contributed by atoms with Crippen LogP contribution in [0.15, 0.2) is 89.3 Å². The SMILES string of the molecule is CCC(CCNc1cccc(NC2=CC=CC(Cl)N2)c1)N=CC(=CN)C1CNc2ccccc2N1. The van der Waals surface area contributed by atoms with Gasteiger partial charge in [-0.05, 0) is 55.3 Å². The van der Waals surface area contributed by atoms with E-state index in [2.05, 4.69) is 57.8 Å². The Morgan fingerprint density at radius 2 is 2.00 bits per heavy atom. The van der Waals surface area contributed by atoms with Crippen LogP contribution in [0.1, 0.15) is 19.8 Å². The maximum absolute atomic E-state index is 6.12. The van der Waals surface area contributed by atoms with E-state index >= 15 is 0 Å². The van der Waals surface area contributed by atoms with E-state index in [0.29, 0.717) is 0 Å². The number of nitrogens with one attached hydrogen (secondary N) is 5. The summed E-state index contributed by atoms with van der Waals surface area (Å²) in [6.45, 7) is 3.76. The molecule has 0 saturated carbocycles. The van der Waals surface area contributed by atoms with Crippen LogP contribution in [-0.4, -0.2) is 36.9 Å². The molecule has 0 radical (unpaired) electrons. The van der Waals surface area contributed by atoms with Gasteiger partial charge < -0.3 is 32.3 Å². The lowest BCUT2D eigenvalue weighted by atomic mass is 10.0. The molecule has 0 saturated heterocycles. The van der Waals surface area contributed by atoms with Crippen molar-refractivity contribution in [3.63, 3.8) is 0 Å².